The minimum absolute atomic E-state index is 0.114. The molecule has 31 heavy (non-hydrogen) atoms. The van der Waals surface area contributed by atoms with Crippen molar-refractivity contribution in [2.75, 3.05) is 18.0 Å². The highest BCUT2D eigenvalue weighted by Crippen LogP contribution is 2.36. The van der Waals surface area contributed by atoms with E-state index in [1.165, 1.54) is 34.9 Å². The van der Waals surface area contributed by atoms with Crippen molar-refractivity contribution in [2.45, 2.75) is 17.7 Å². The van der Waals surface area contributed by atoms with Crippen LogP contribution in [0.4, 0.5) is 14.9 Å². The SMILES string of the molecule is O=C(CN1C(=O)N(c2ccccc2F)C(=O)C2SC=CC21)NCCc1ccc(Cl)cc1. The summed E-state index contributed by atoms with van der Waals surface area (Å²) in [4.78, 5) is 40.7. The largest absolute Gasteiger partial charge is 0.354 e. The molecule has 4 rings (SSSR count). The van der Waals surface area contributed by atoms with E-state index in [0.717, 1.165) is 10.5 Å². The predicted octanol–water partition coefficient (Wildman–Crippen LogP) is 3.60. The highest BCUT2D eigenvalue weighted by Gasteiger charge is 2.48. The third-order valence-corrected chi connectivity index (χ3v) is 6.47. The molecule has 2 atom stereocenters. The molecule has 1 fully saturated rings. The van der Waals surface area contributed by atoms with E-state index >= 15 is 0 Å². The molecule has 2 aromatic rings. The number of thioether (sulfide) groups is 1. The second-order valence-corrected chi connectivity index (χ2v) is 8.63. The van der Waals surface area contributed by atoms with Crippen LogP contribution in [0.15, 0.2) is 60.0 Å². The molecule has 0 aliphatic carbocycles. The van der Waals surface area contributed by atoms with Gasteiger partial charge in [-0.3, -0.25) is 9.59 Å². The molecule has 2 aliphatic heterocycles. The topological polar surface area (TPSA) is 69.7 Å². The Kier molecular flexibility index (Phi) is 6.29. The lowest BCUT2D eigenvalue weighted by molar-refractivity contribution is -0.124. The molecule has 0 radical (unpaired) electrons. The van der Waals surface area contributed by atoms with Crippen molar-refractivity contribution in [3.05, 3.63) is 76.4 Å². The Labute approximate surface area is 188 Å². The molecule has 0 aromatic heterocycles. The van der Waals surface area contributed by atoms with Gasteiger partial charge in [-0.15, -0.1) is 11.8 Å². The average molecular weight is 460 g/mol. The molecule has 0 saturated carbocycles. The molecule has 9 heteroatoms. The van der Waals surface area contributed by atoms with Gasteiger partial charge in [0.2, 0.25) is 5.91 Å². The standard InChI is InChI=1S/C22H19ClFN3O3S/c23-15-7-5-14(6-8-15)9-11-25-19(28)13-26-18-10-12-31-20(18)21(29)27(22(26)30)17-4-2-1-3-16(17)24/h1-8,10,12,18,20H,9,11,13H2,(H,25,28). The normalized spacial score (nSPS) is 20.2. The van der Waals surface area contributed by atoms with Gasteiger partial charge in [-0.05, 0) is 41.7 Å². The number of hydrogen-bond donors (Lipinski definition) is 1. The number of benzene rings is 2. The van der Waals surface area contributed by atoms with E-state index in [1.807, 2.05) is 12.1 Å². The summed E-state index contributed by atoms with van der Waals surface area (Å²) in [5.74, 6) is -1.52. The summed E-state index contributed by atoms with van der Waals surface area (Å²) in [6.45, 7) is 0.154. The average Bonchev–Trinajstić information content (AvgIpc) is 3.24. The van der Waals surface area contributed by atoms with Crippen molar-refractivity contribution < 1.29 is 18.8 Å². The van der Waals surface area contributed by atoms with Crippen LogP contribution in [0.1, 0.15) is 5.56 Å². The van der Waals surface area contributed by atoms with E-state index in [9.17, 15) is 18.8 Å². The lowest BCUT2D eigenvalue weighted by Crippen LogP contribution is -2.63. The third kappa shape index (κ3) is 4.45. The molecule has 0 bridgehead atoms. The number of nitrogens with one attached hydrogen (secondary N) is 1. The first-order chi connectivity index (χ1) is 15.0. The number of imide groups is 1. The zero-order chi connectivity index (χ0) is 22.0. The van der Waals surface area contributed by atoms with E-state index in [2.05, 4.69) is 5.32 Å². The number of anilines is 1. The highest BCUT2D eigenvalue weighted by molar-refractivity contribution is 8.03. The third-order valence-electron chi connectivity index (χ3n) is 5.13. The number of rotatable bonds is 6. The Hall–Kier alpha value is -2.84. The first-order valence-electron chi connectivity index (χ1n) is 9.68. The maximum atomic E-state index is 14.3. The van der Waals surface area contributed by atoms with Gasteiger partial charge in [-0.1, -0.05) is 41.9 Å². The summed E-state index contributed by atoms with van der Waals surface area (Å²) in [5.41, 5.74) is 0.905. The zero-order valence-electron chi connectivity index (χ0n) is 16.3. The van der Waals surface area contributed by atoms with Gasteiger partial charge >= 0.3 is 6.03 Å². The maximum Gasteiger partial charge on any atom is 0.332 e. The molecule has 4 amide bonds. The fourth-order valence-corrected chi connectivity index (χ4v) is 4.74. The quantitative estimate of drug-likeness (QED) is 0.716. The van der Waals surface area contributed by atoms with Crippen molar-refractivity contribution in [1.82, 2.24) is 10.2 Å². The van der Waals surface area contributed by atoms with Crippen molar-refractivity contribution >= 4 is 46.9 Å². The molecular weight excluding hydrogens is 441 g/mol. The van der Waals surface area contributed by atoms with E-state index in [-0.39, 0.29) is 18.1 Å². The molecule has 1 N–H and O–H groups in total. The van der Waals surface area contributed by atoms with Crippen LogP contribution in [0.3, 0.4) is 0 Å². The Bertz CT molecular complexity index is 1050. The minimum atomic E-state index is -0.712. The number of carbonyl (C=O) groups excluding carboxylic acids is 3. The van der Waals surface area contributed by atoms with Crippen LogP contribution < -0.4 is 10.2 Å². The molecule has 2 unspecified atom stereocenters. The summed E-state index contributed by atoms with van der Waals surface area (Å²) in [7, 11) is 0. The predicted molar refractivity (Wildman–Crippen MR) is 118 cm³/mol. The van der Waals surface area contributed by atoms with Gasteiger partial charge in [0, 0.05) is 11.6 Å². The van der Waals surface area contributed by atoms with Crippen LogP contribution in [-0.2, 0) is 16.0 Å². The first-order valence-corrected chi connectivity index (χ1v) is 11.0. The van der Waals surface area contributed by atoms with Crippen LogP contribution in [0, 0.1) is 5.82 Å². The Balaban J connectivity index is 1.45. The summed E-state index contributed by atoms with van der Waals surface area (Å²) in [6.07, 6.45) is 2.34. The van der Waals surface area contributed by atoms with Gasteiger partial charge < -0.3 is 10.2 Å². The fraction of sp³-hybridized carbons (Fsp3) is 0.227. The van der Waals surface area contributed by atoms with Crippen molar-refractivity contribution in [3.8, 4) is 0 Å². The van der Waals surface area contributed by atoms with Crippen LogP contribution >= 0.6 is 23.4 Å². The lowest BCUT2D eigenvalue weighted by atomic mass is 10.1. The van der Waals surface area contributed by atoms with Crippen LogP contribution in [0.2, 0.25) is 5.02 Å². The Morgan fingerprint density at radius 1 is 1.13 bits per heavy atom. The molecule has 160 valence electrons. The van der Waals surface area contributed by atoms with Crippen molar-refractivity contribution in [3.63, 3.8) is 0 Å². The minimum Gasteiger partial charge on any atom is -0.354 e. The van der Waals surface area contributed by atoms with Crippen molar-refractivity contribution in [2.24, 2.45) is 0 Å². The summed E-state index contributed by atoms with van der Waals surface area (Å²) in [6, 6.07) is 11.7. The Morgan fingerprint density at radius 3 is 2.61 bits per heavy atom. The van der Waals surface area contributed by atoms with E-state index in [4.69, 9.17) is 11.6 Å². The number of urea groups is 1. The van der Waals surface area contributed by atoms with E-state index in [0.29, 0.717) is 18.0 Å². The van der Waals surface area contributed by atoms with Crippen molar-refractivity contribution in [1.29, 1.82) is 0 Å². The Morgan fingerprint density at radius 2 is 1.87 bits per heavy atom. The lowest BCUT2D eigenvalue weighted by Gasteiger charge is -2.40. The van der Waals surface area contributed by atoms with Crippen LogP contribution in [0.25, 0.3) is 0 Å². The molecule has 0 spiro atoms. The molecular formula is C22H19ClFN3O3S. The number of para-hydroxylation sites is 1. The number of halogens is 2. The highest BCUT2D eigenvalue weighted by atomic mass is 35.5. The first kappa shape index (κ1) is 21.4. The van der Waals surface area contributed by atoms with Gasteiger partial charge in [0.05, 0.1) is 11.7 Å². The summed E-state index contributed by atoms with van der Waals surface area (Å²) in [5, 5.41) is 4.56. The molecule has 6 nitrogen and oxygen atoms in total. The number of hydrogen-bond acceptors (Lipinski definition) is 4. The molecule has 2 aliphatic rings. The number of fused-ring (bicyclic) bond motifs is 1. The van der Waals surface area contributed by atoms with Gasteiger partial charge in [0.15, 0.2) is 0 Å². The number of carbonyl (C=O) groups is 3. The monoisotopic (exact) mass is 459 g/mol. The molecule has 2 aromatic carbocycles. The fourth-order valence-electron chi connectivity index (χ4n) is 3.58. The zero-order valence-corrected chi connectivity index (χ0v) is 17.9. The van der Waals surface area contributed by atoms with E-state index in [1.54, 1.807) is 29.7 Å². The van der Waals surface area contributed by atoms with Gasteiger partial charge in [0.25, 0.3) is 5.91 Å². The van der Waals surface area contributed by atoms with Gasteiger partial charge in [0.1, 0.15) is 17.6 Å². The smallest absolute Gasteiger partial charge is 0.332 e. The second-order valence-electron chi connectivity index (χ2n) is 7.14. The molecule has 1 saturated heterocycles. The summed E-state index contributed by atoms with van der Waals surface area (Å²) < 4.78 is 14.3. The maximum absolute atomic E-state index is 14.3. The summed E-state index contributed by atoms with van der Waals surface area (Å²) >= 11 is 7.13. The van der Waals surface area contributed by atoms with Gasteiger partial charge in [-0.25, -0.2) is 14.1 Å². The number of nitrogens with zero attached hydrogens (tertiary/aromatic N) is 2. The van der Waals surface area contributed by atoms with Gasteiger partial charge in [-0.2, -0.15) is 0 Å². The van der Waals surface area contributed by atoms with E-state index < -0.39 is 29.0 Å². The molecule has 2 heterocycles. The van der Waals surface area contributed by atoms with Crippen LogP contribution in [-0.4, -0.2) is 47.1 Å². The number of amides is 4. The second kappa shape index (κ2) is 9.11. The van der Waals surface area contributed by atoms with Crippen LogP contribution in [0.5, 0.6) is 0 Å².